The van der Waals surface area contributed by atoms with Crippen molar-refractivity contribution in [2.24, 2.45) is 10.8 Å². The van der Waals surface area contributed by atoms with Gasteiger partial charge in [-0.3, -0.25) is 9.59 Å². The number of ether oxygens (including phenoxy) is 1. The molecule has 1 aliphatic carbocycles. The number of amides is 1. The molecule has 150 valence electrons. The number of hydrogen-bond donors (Lipinski definition) is 0. The summed E-state index contributed by atoms with van der Waals surface area (Å²) in [5, 5.41) is 0. The zero-order valence-corrected chi connectivity index (χ0v) is 16.9. The lowest BCUT2D eigenvalue weighted by Crippen LogP contribution is -2.69. The molecule has 0 bridgehead atoms. The van der Waals surface area contributed by atoms with Crippen molar-refractivity contribution in [3.05, 3.63) is 29.8 Å². The van der Waals surface area contributed by atoms with Gasteiger partial charge in [0.05, 0.1) is 12.6 Å². The molecule has 28 heavy (non-hydrogen) atoms. The van der Waals surface area contributed by atoms with Crippen LogP contribution in [0.3, 0.4) is 0 Å². The predicted molar refractivity (Wildman–Crippen MR) is 105 cm³/mol. The molecule has 4 rings (SSSR count). The van der Waals surface area contributed by atoms with Gasteiger partial charge in [0.1, 0.15) is 17.0 Å². The number of rotatable bonds is 1. The number of hydrogen-bond acceptors (Lipinski definition) is 5. The molecule has 1 aromatic rings. The highest BCUT2D eigenvalue weighted by Crippen LogP contribution is 2.50. The number of nitrogens with zero attached hydrogens (tertiary/aromatic N) is 2. The SMILES string of the molecule is CCOC(=O)N1CCN2c3ccccc3CC3(C(=O)CC(C)(C)CC3=O)[C@H]2C1. The second-order valence-electron chi connectivity index (χ2n) is 9.00. The lowest BCUT2D eigenvalue weighted by atomic mass is 9.56. The summed E-state index contributed by atoms with van der Waals surface area (Å²) in [5.74, 6) is 0.0351. The third kappa shape index (κ3) is 2.81. The van der Waals surface area contributed by atoms with Crippen LogP contribution in [-0.2, 0) is 20.7 Å². The fourth-order valence-electron chi connectivity index (χ4n) is 5.20. The molecule has 1 spiro atoms. The molecule has 3 aliphatic rings. The lowest BCUT2D eigenvalue weighted by Gasteiger charge is -2.56. The van der Waals surface area contributed by atoms with Gasteiger partial charge in [0.2, 0.25) is 0 Å². The Kier molecular flexibility index (Phi) is 4.47. The first kappa shape index (κ1) is 19.0. The van der Waals surface area contributed by atoms with E-state index in [-0.39, 0.29) is 29.1 Å². The number of para-hydroxylation sites is 1. The van der Waals surface area contributed by atoms with Crippen LogP contribution in [0.5, 0.6) is 0 Å². The number of carbonyl (C=O) groups is 3. The van der Waals surface area contributed by atoms with Gasteiger partial charge in [0, 0.05) is 38.2 Å². The van der Waals surface area contributed by atoms with Crippen LogP contribution in [0.4, 0.5) is 10.5 Å². The molecule has 0 radical (unpaired) electrons. The minimum Gasteiger partial charge on any atom is -0.450 e. The molecule has 1 atom stereocenters. The van der Waals surface area contributed by atoms with Gasteiger partial charge in [0.15, 0.2) is 0 Å². The molecule has 6 heteroatoms. The third-order valence-corrected chi connectivity index (χ3v) is 6.52. The number of anilines is 1. The molecular weight excluding hydrogens is 356 g/mol. The van der Waals surface area contributed by atoms with Crippen molar-refractivity contribution >= 4 is 23.3 Å². The maximum absolute atomic E-state index is 13.5. The van der Waals surface area contributed by atoms with E-state index in [1.807, 2.05) is 32.0 Å². The molecule has 2 heterocycles. The van der Waals surface area contributed by atoms with Crippen molar-refractivity contribution in [2.75, 3.05) is 31.1 Å². The number of Topliss-reactive ketones (excluding diaryl/α,β-unsaturated/α-hetero) is 2. The van der Waals surface area contributed by atoms with Gasteiger partial charge in [-0.15, -0.1) is 0 Å². The largest absolute Gasteiger partial charge is 0.450 e. The summed E-state index contributed by atoms with van der Waals surface area (Å²) < 4.78 is 5.19. The fraction of sp³-hybridized carbons (Fsp3) is 0.591. The monoisotopic (exact) mass is 384 g/mol. The number of benzene rings is 1. The van der Waals surface area contributed by atoms with E-state index in [9.17, 15) is 14.4 Å². The van der Waals surface area contributed by atoms with Crippen LogP contribution in [-0.4, -0.2) is 54.8 Å². The molecule has 0 N–H and O–H groups in total. The summed E-state index contributed by atoms with van der Waals surface area (Å²) in [6.07, 6.45) is 0.844. The van der Waals surface area contributed by atoms with E-state index in [2.05, 4.69) is 11.0 Å². The lowest BCUT2D eigenvalue weighted by molar-refractivity contribution is -0.151. The maximum atomic E-state index is 13.5. The fourth-order valence-corrected chi connectivity index (χ4v) is 5.20. The van der Waals surface area contributed by atoms with Crippen molar-refractivity contribution in [1.82, 2.24) is 4.90 Å². The van der Waals surface area contributed by atoms with E-state index in [0.29, 0.717) is 45.5 Å². The van der Waals surface area contributed by atoms with Crippen molar-refractivity contribution < 1.29 is 19.1 Å². The number of carbonyl (C=O) groups excluding carboxylic acids is 3. The van der Waals surface area contributed by atoms with Gasteiger partial charge in [-0.25, -0.2) is 4.79 Å². The van der Waals surface area contributed by atoms with E-state index in [4.69, 9.17) is 4.74 Å². The Bertz CT molecular complexity index is 812. The highest BCUT2D eigenvalue weighted by molar-refractivity contribution is 6.11. The van der Waals surface area contributed by atoms with Crippen molar-refractivity contribution in [2.45, 2.75) is 46.1 Å². The van der Waals surface area contributed by atoms with E-state index in [0.717, 1.165) is 11.3 Å². The van der Waals surface area contributed by atoms with Crippen LogP contribution in [0.25, 0.3) is 0 Å². The highest BCUT2D eigenvalue weighted by Gasteiger charge is 2.60. The Morgan fingerprint density at radius 2 is 1.79 bits per heavy atom. The van der Waals surface area contributed by atoms with Gasteiger partial charge in [0.25, 0.3) is 0 Å². The van der Waals surface area contributed by atoms with Crippen LogP contribution >= 0.6 is 0 Å². The summed E-state index contributed by atoms with van der Waals surface area (Å²) in [6, 6.07) is 7.68. The minimum absolute atomic E-state index is 0.0176. The summed E-state index contributed by atoms with van der Waals surface area (Å²) in [5.41, 5.74) is 0.739. The second-order valence-corrected chi connectivity index (χ2v) is 9.00. The molecule has 1 amide bonds. The van der Waals surface area contributed by atoms with Gasteiger partial charge in [-0.05, 0) is 30.4 Å². The minimum atomic E-state index is -1.07. The first-order chi connectivity index (χ1) is 13.3. The molecule has 6 nitrogen and oxygen atoms in total. The van der Waals surface area contributed by atoms with E-state index < -0.39 is 5.41 Å². The van der Waals surface area contributed by atoms with Crippen LogP contribution < -0.4 is 4.90 Å². The van der Waals surface area contributed by atoms with Crippen LogP contribution in [0.1, 0.15) is 39.2 Å². The van der Waals surface area contributed by atoms with Gasteiger partial charge < -0.3 is 14.5 Å². The summed E-state index contributed by atoms with van der Waals surface area (Å²) in [6.45, 7) is 7.50. The van der Waals surface area contributed by atoms with Crippen LogP contribution in [0, 0.1) is 10.8 Å². The zero-order chi connectivity index (χ0) is 20.1. The zero-order valence-electron chi connectivity index (χ0n) is 16.9. The average molecular weight is 384 g/mol. The first-order valence-corrected chi connectivity index (χ1v) is 10.1. The molecule has 2 fully saturated rings. The van der Waals surface area contributed by atoms with E-state index in [1.54, 1.807) is 11.8 Å². The topological polar surface area (TPSA) is 66.9 Å². The smallest absolute Gasteiger partial charge is 0.409 e. The number of fused-ring (bicyclic) bond motifs is 4. The standard InChI is InChI=1S/C22H28N2O4/c1-4-28-20(27)23-9-10-24-16-8-6-5-7-15(16)11-22(17(24)14-23)18(25)12-21(2,3)13-19(22)26/h5-8,17H,4,9-14H2,1-3H3/t17-/m1/s1. The summed E-state index contributed by atoms with van der Waals surface area (Å²) in [4.78, 5) is 43.2. The maximum Gasteiger partial charge on any atom is 0.409 e. The highest BCUT2D eigenvalue weighted by atomic mass is 16.6. The van der Waals surface area contributed by atoms with Crippen molar-refractivity contribution in [3.63, 3.8) is 0 Å². The summed E-state index contributed by atoms with van der Waals surface area (Å²) >= 11 is 0. The summed E-state index contributed by atoms with van der Waals surface area (Å²) in [7, 11) is 0. The van der Waals surface area contributed by atoms with E-state index >= 15 is 0 Å². The molecule has 0 unspecified atom stereocenters. The third-order valence-electron chi connectivity index (χ3n) is 6.52. The predicted octanol–water partition coefficient (Wildman–Crippen LogP) is 2.83. The Labute approximate surface area is 165 Å². The van der Waals surface area contributed by atoms with Crippen LogP contribution in [0.2, 0.25) is 0 Å². The van der Waals surface area contributed by atoms with Crippen LogP contribution in [0.15, 0.2) is 24.3 Å². The van der Waals surface area contributed by atoms with Crippen molar-refractivity contribution in [3.8, 4) is 0 Å². The van der Waals surface area contributed by atoms with Gasteiger partial charge in [-0.1, -0.05) is 32.0 Å². The Hall–Kier alpha value is -2.37. The molecule has 0 aromatic heterocycles. The van der Waals surface area contributed by atoms with Gasteiger partial charge >= 0.3 is 6.09 Å². The first-order valence-electron chi connectivity index (χ1n) is 10.1. The van der Waals surface area contributed by atoms with Gasteiger partial charge in [-0.2, -0.15) is 0 Å². The second kappa shape index (κ2) is 6.61. The molecule has 1 aromatic carbocycles. The molecule has 1 saturated heterocycles. The average Bonchev–Trinajstić information content (AvgIpc) is 2.65. The van der Waals surface area contributed by atoms with Crippen molar-refractivity contribution in [1.29, 1.82) is 0 Å². The Morgan fingerprint density at radius 1 is 1.11 bits per heavy atom. The Balaban J connectivity index is 1.78. The normalized spacial score (nSPS) is 25.3. The molecule has 1 saturated carbocycles. The molecule has 2 aliphatic heterocycles. The quantitative estimate of drug-likeness (QED) is 0.697. The number of piperazine rings is 1. The molecular formula is C22H28N2O4. The van der Waals surface area contributed by atoms with E-state index in [1.165, 1.54) is 0 Å². The number of ketones is 2. The Morgan fingerprint density at radius 3 is 2.46 bits per heavy atom.